The molecule has 18 heavy (non-hydrogen) atoms. The predicted molar refractivity (Wildman–Crippen MR) is 60.6 cm³/mol. The highest BCUT2D eigenvalue weighted by Crippen LogP contribution is 2.22. The van der Waals surface area contributed by atoms with Gasteiger partial charge in [-0.1, -0.05) is 0 Å². The van der Waals surface area contributed by atoms with E-state index in [1.165, 1.54) is 11.8 Å². The fourth-order valence-corrected chi connectivity index (χ4v) is 2.71. The van der Waals surface area contributed by atoms with Gasteiger partial charge in [-0.3, -0.25) is 0 Å². The summed E-state index contributed by atoms with van der Waals surface area (Å²) in [5.41, 5.74) is 0. The van der Waals surface area contributed by atoms with Crippen molar-refractivity contribution >= 4 is 23.8 Å². The third-order valence-electron chi connectivity index (χ3n) is 2.41. The van der Waals surface area contributed by atoms with Crippen molar-refractivity contribution in [2.75, 3.05) is 31.3 Å². The third-order valence-corrected chi connectivity index (χ3v) is 3.42. The standard InChI is InChI=1S/C9H14F2N2O4S/c10-7(11)3-12(1-2-14)9(17)13-5-18-4-6(13)8(15)16/h6-7,14H,1-5H2,(H,15,16). The Morgan fingerprint density at radius 1 is 1.50 bits per heavy atom. The molecule has 1 fully saturated rings. The summed E-state index contributed by atoms with van der Waals surface area (Å²) in [5, 5.41) is 17.6. The first kappa shape index (κ1) is 15.0. The molecule has 104 valence electrons. The lowest BCUT2D eigenvalue weighted by Crippen LogP contribution is -2.50. The van der Waals surface area contributed by atoms with E-state index in [0.717, 1.165) is 9.80 Å². The van der Waals surface area contributed by atoms with Gasteiger partial charge in [-0.2, -0.15) is 0 Å². The average molecular weight is 284 g/mol. The Morgan fingerprint density at radius 2 is 2.17 bits per heavy atom. The van der Waals surface area contributed by atoms with Gasteiger partial charge in [-0.05, 0) is 0 Å². The molecule has 0 radical (unpaired) electrons. The summed E-state index contributed by atoms with van der Waals surface area (Å²) in [7, 11) is 0. The molecule has 0 aromatic heterocycles. The quantitative estimate of drug-likeness (QED) is 0.750. The van der Waals surface area contributed by atoms with Crippen LogP contribution in [-0.4, -0.2) is 75.8 Å². The number of aliphatic hydroxyl groups excluding tert-OH is 1. The molecule has 1 unspecified atom stereocenters. The molecule has 6 nitrogen and oxygen atoms in total. The van der Waals surface area contributed by atoms with E-state index < -0.39 is 37.6 Å². The van der Waals surface area contributed by atoms with Crippen molar-refractivity contribution in [2.24, 2.45) is 0 Å². The number of amides is 2. The molecule has 2 N–H and O–H groups in total. The number of halogens is 2. The Labute approximate surface area is 107 Å². The number of carboxylic acid groups (broad SMARTS) is 1. The molecular weight excluding hydrogens is 270 g/mol. The summed E-state index contributed by atoms with van der Waals surface area (Å²) >= 11 is 1.25. The number of alkyl halides is 2. The maximum absolute atomic E-state index is 12.3. The van der Waals surface area contributed by atoms with Gasteiger partial charge in [0.15, 0.2) is 0 Å². The van der Waals surface area contributed by atoms with Crippen molar-refractivity contribution in [3.05, 3.63) is 0 Å². The molecule has 1 aliphatic rings. The number of aliphatic carboxylic acids is 1. The van der Waals surface area contributed by atoms with Crippen LogP contribution in [0.2, 0.25) is 0 Å². The van der Waals surface area contributed by atoms with Crippen LogP contribution < -0.4 is 0 Å². The first-order valence-electron chi connectivity index (χ1n) is 5.22. The number of carboxylic acids is 1. The minimum absolute atomic E-state index is 0.154. The predicted octanol–water partition coefficient (Wildman–Crippen LogP) is 0.125. The first-order valence-corrected chi connectivity index (χ1v) is 6.38. The van der Waals surface area contributed by atoms with Crippen LogP contribution >= 0.6 is 11.8 Å². The van der Waals surface area contributed by atoms with Crippen LogP contribution in [0.25, 0.3) is 0 Å². The van der Waals surface area contributed by atoms with Crippen molar-refractivity contribution in [2.45, 2.75) is 12.5 Å². The molecule has 2 amide bonds. The van der Waals surface area contributed by atoms with Crippen LogP contribution in [0.3, 0.4) is 0 Å². The zero-order valence-electron chi connectivity index (χ0n) is 9.46. The second-order valence-corrected chi connectivity index (χ2v) is 4.67. The number of hydrogen-bond acceptors (Lipinski definition) is 4. The summed E-state index contributed by atoms with van der Waals surface area (Å²) in [5.74, 6) is -0.765. The van der Waals surface area contributed by atoms with E-state index in [-0.39, 0.29) is 18.2 Å². The molecule has 1 aliphatic heterocycles. The highest BCUT2D eigenvalue weighted by Gasteiger charge is 2.37. The maximum Gasteiger partial charge on any atom is 0.327 e. The van der Waals surface area contributed by atoms with E-state index in [4.69, 9.17) is 10.2 Å². The van der Waals surface area contributed by atoms with Gasteiger partial charge < -0.3 is 20.0 Å². The van der Waals surface area contributed by atoms with Crippen LogP contribution in [0.15, 0.2) is 0 Å². The number of nitrogens with zero attached hydrogens (tertiary/aromatic N) is 2. The van der Waals surface area contributed by atoms with E-state index in [2.05, 4.69) is 0 Å². The van der Waals surface area contributed by atoms with Crippen LogP contribution in [0.1, 0.15) is 0 Å². The highest BCUT2D eigenvalue weighted by molar-refractivity contribution is 7.99. The highest BCUT2D eigenvalue weighted by atomic mass is 32.2. The number of carbonyl (C=O) groups is 2. The number of carbonyl (C=O) groups excluding carboxylic acids is 1. The van der Waals surface area contributed by atoms with Gasteiger partial charge in [0.25, 0.3) is 6.43 Å². The molecule has 0 aliphatic carbocycles. The van der Waals surface area contributed by atoms with E-state index in [1.807, 2.05) is 0 Å². The zero-order chi connectivity index (χ0) is 13.7. The van der Waals surface area contributed by atoms with Gasteiger partial charge in [0.1, 0.15) is 6.04 Å². The van der Waals surface area contributed by atoms with E-state index in [9.17, 15) is 18.4 Å². The average Bonchev–Trinajstić information content (AvgIpc) is 2.75. The molecule has 1 rings (SSSR count). The van der Waals surface area contributed by atoms with E-state index >= 15 is 0 Å². The van der Waals surface area contributed by atoms with Crippen LogP contribution in [0.5, 0.6) is 0 Å². The molecule has 0 saturated carbocycles. The second-order valence-electron chi connectivity index (χ2n) is 3.67. The minimum atomic E-state index is -2.72. The Morgan fingerprint density at radius 3 is 2.67 bits per heavy atom. The Bertz CT molecular complexity index is 319. The minimum Gasteiger partial charge on any atom is -0.480 e. The molecule has 0 spiro atoms. The van der Waals surface area contributed by atoms with Gasteiger partial charge in [-0.15, -0.1) is 11.8 Å². The Balaban J connectivity index is 2.72. The second kappa shape index (κ2) is 6.74. The third kappa shape index (κ3) is 3.70. The molecule has 0 aromatic rings. The van der Waals surface area contributed by atoms with Crippen molar-refractivity contribution in [1.82, 2.24) is 9.80 Å². The van der Waals surface area contributed by atoms with Crippen molar-refractivity contribution in [3.63, 3.8) is 0 Å². The normalized spacial score (nSPS) is 19.3. The maximum atomic E-state index is 12.3. The van der Waals surface area contributed by atoms with Crippen molar-refractivity contribution in [3.8, 4) is 0 Å². The summed E-state index contributed by atoms with van der Waals surface area (Å²) in [6, 6.07) is -1.77. The Kier molecular flexibility index (Phi) is 5.60. The number of hydrogen-bond donors (Lipinski definition) is 2. The summed E-state index contributed by atoms with van der Waals surface area (Å²) in [6.45, 7) is -1.50. The molecule has 1 saturated heterocycles. The topological polar surface area (TPSA) is 81.1 Å². The monoisotopic (exact) mass is 284 g/mol. The van der Waals surface area contributed by atoms with Gasteiger partial charge in [0.05, 0.1) is 19.0 Å². The largest absolute Gasteiger partial charge is 0.480 e. The van der Waals surface area contributed by atoms with Crippen molar-refractivity contribution in [1.29, 1.82) is 0 Å². The van der Waals surface area contributed by atoms with Gasteiger partial charge in [-0.25, -0.2) is 18.4 Å². The summed E-state index contributed by atoms with van der Waals surface area (Å²) in [6.07, 6.45) is -2.72. The van der Waals surface area contributed by atoms with Crippen LogP contribution in [0.4, 0.5) is 13.6 Å². The lowest BCUT2D eigenvalue weighted by Gasteiger charge is -2.29. The van der Waals surface area contributed by atoms with E-state index in [1.54, 1.807) is 0 Å². The fourth-order valence-electron chi connectivity index (χ4n) is 1.57. The molecule has 0 aromatic carbocycles. The number of rotatable bonds is 5. The van der Waals surface area contributed by atoms with Gasteiger partial charge in [0, 0.05) is 12.3 Å². The molecule has 1 atom stereocenters. The number of aliphatic hydroxyl groups is 1. The fraction of sp³-hybridized carbons (Fsp3) is 0.778. The zero-order valence-corrected chi connectivity index (χ0v) is 10.3. The molecule has 9 heteroatoms. The van der Waals surface area contributed by atoms with Crippen LogP contribution in [-0.2, 0) is 4.79 Å². The molecule has 1 heterocycles. The lowest BCUT2D eigenvalue weighted by atomic mass is 10.3. The summed E-state index contributed by atoms with van der Waals surface area (Å²) < 4.78 is 24.6. The number of urea groups is 1. The first-order chi connectivity index (χ1) is 8.47. The molecule has 0 bridgehead atoms. The summed E-state index contributed by atoms with van der Waals surface area (Å²) in [4.78, 5) is 24.6. The Hall–Kier alpha value is -1.09. The molecular formula is C9H14F2N2O4S. The van der Waals surface area contributed by atoms with Crippen molar-refractivity contribution < 1.29 is 28.6 Å². The smallest absolute Gasteiger partial charge is 0.327 e. The van der Waals surface area contributed by atoms with Gasteiger partial charge >= 0.3 is 12.0 Å². The van der Waals surface area contributed by atoms with Crippen LogP contribution in [0, 0.1) is 0 Å². The number of thioether (sulfide) groups is 1. The lowest BCUT2D eigenvalue weighted by molar-refractivity contribution is -0.141. The SMILES string of the molecule is O=C(O)C1CSCN1C(=O)N(CCO)CC(F)F. The van der Waals surface area contributed by atoms with E-state index in [0.29, 0.717) is 0 Å². The van der Waals surface area contributed by atoms with Gasteiger partial charge in [0.2, 0.25) is 0 Å².